The summed E-state index contributed by atoms with van der Waals surface area (Å²) in [4.78, 5) is 24.4. The van der Waals surface area contributed by atoms with Gasteiger partial charge < -0.3 is 19.7 Å². The Balaban J connectivity index is 1.38. The van der Waals surface area contributed by atoms with Crippen LogP contribution in [0, 0.1) is 6.92 Å². The number of nitrogens with one attached hydrogen (secondary N) is 2. The smallest absolute Gasteiger partial charge is 0.361 e. The van der Waals surface area contributed by atoms with Crippen LogP contribution in [0.25, 0.3) is 22.4 Å². The second-order valence-electron chi connectivity index (χ2n) is 9.15. The van der Waals surface area contributed by atoms with E-state index in [0.717, 1.165) is 38.8 Å². The van der Waals surface area contributed by atoms with Crippen molar-refractivity contribution >= 4 is 22.6 Å². The Morgan fingerprint density at radius 3 is 2.54 bits per heavy atom. The maximum atomic E-state index is 14.0. The zero-order valence-electron chi connectivity index (χ0n) is 20.5. The number of imidazole rings is 1. The number of alkyl halides is 3. The number of hydrogen-bond donors (Lipinski definition) is 2. The highest BCUT2D eigenvalue weighted by Crippen LogP contribution is 2.36. The topological polar surface area (TPSA) is 90.3 Å². The van der Waals surface area contributed by atoms with Crippen LogP contribution in [0.2, 0.25) is 0 Å². The minimum absolute atomic E-state index is 0.252. The quantitative estimate of drug-likeness (QED) is 0.381. The second kappa shape index (κ2) is 9.98. The molecule has 1 amide bonds. The highest BCUT2D eigenvalue weighted by atomic mass is 19.4. The van der Waals surface area contributed by atoms with Crippen molar-refractivity contribution < 1.29 is 22.5 Å². The van der Waals surface area contributed by atoms with Crippen LogP contribution in [0.1, 0.15) is 34.2 Å². The van der Waals surface area contributed by atoms with Gasteiger partial charge >= 0.3 is 6.18 Å². The summed E-state index contributed by atoms with van der Waals surface area (Å²) in [6.45, 7) is 8.12. The molecule has 37 heavy (non-hydrogen) atoms. The van der Waals surface area contributed by atoms with Crippen LogP contribution in [-0.2, 0) is 12.7 Å². The summed E-state index contributed by atoms with van der Waals surface area (Å²) in [6, 6.07) is 9.44. The van der Waals surface area contributed by atoms with E-state index in [-0.39, 0.29) is 18.0 Å². The number of halogens is 3. The fraction of sp³-hybridized carbons (Fsp3) is 0.346. The molecule has 1 saturated heterocycles. The molecule has 8 nitrogen and oxygen atoms in total. The van der Waals surface area contributed by atoms with Crippen LogP contribution in [0.3, 0.4) is 0 Å². The third-order valence-corrected chi connectivity index (χ3v) is 6.73. The van der Waals surface area contributed by atoms with E-state index in [1.165, 1.54) is 6.20 Å². The van der Waals surface area contributed by atoms with Gasteiger partial charge in [-0.2, -0.15) is 13.2 Å². The van der Waals surface area contributed by atoms with E-state index in [4.69, 9.17) is 4.52 Å². The summed E-state index contributed by atoms with van der Waals surface area (Å²) >= 11 is 0. The van der Waals surface area contributed by atoms with Crippen molar-refractivity contribution in [2.45, 2.75) is 26.6 Å². The molecular formula is C26H27F3N6O2. The summed E-state index contributed by atoms with van der Waals surface area (Å²) in [5, 5.41) is 6.36. The number of nitrogens with zero attached hydrogens (tertiary/aromatic N) is 4. The summed E-state index contributed by atoms with van der Waals surface area (Å²) in [7, 11) is 0. The number of benzene rings is 2. The van der Waals surface area contributed by atoms with Gasteiger partial charge in [-0.25, -0.2) is 4.98 Å². The number of rotatable bonds is 6. The number of aromatic amines is 1. The molecule has 5 rings (SSSR count). The van der Waals surface area contributed by atoms with Crippen LogP contribution in [0.15, 0.2) is 47.1 Å². The molecule has 0 spiro atoms. The molecule has 1 fully saturated rings. The third kappa shape index (κ3) is 5.37. The van der Waals surface area contributed by atoms with Gasteiger partial charge in [0.25, 0.3) is 5.91 Å². The zero-order chi connectivity index (χ0) is 26.2. The van der Waals surface area contributed by atoms with Crippen molar-refractivity contribution in [2.24, 2.45) is 0 Å². The average Bonchev–Trinajstić information content (AvgIpc) is 3.50. The van der Waals surface area contributed by atoms with Crippen molar-refractivity contribution in [3.05, 3.63) is 65.0 Å². The van der Waals surface area contributed by atoms with Crippen molar-refractivity contribution in [3.63, 3.8) is 0 Å². The van der Waals surface area contributed by atoms with E-state index in [0.29, 0.717) is 39.4 Å². The molecule has 0 atom stereocenters. The van der Waals surface area contributed by atoms with Gasteiger partial charge in [0.05, 0.1) is 22.8 Å². The van der Waals surface area contributed by atoms with Gasteiger partial charge in [-0.3, -0.25) is 9.69 Å². The van der Waals surface area contributed by atoms with Crippen molar-refractivity contribution in [3.8, 4) is 11.4 Å². The molecule has 0 aliphatic carbocycles. The van der Waals surface area contributed by atoms with Gasteiger partial charge in [0.1, 0.15) is 17.1 Å². The van der Waals surface area contributed by atoms with Gasteiger partial charge in [-0.05, 0) is 43.3 Å². The third-order valence-electron chi connectivity index (χ3n) is 6.73. The van der Waals surface area contributed by atoms with Gasteiger partial charge in [0.15, 0.2) is 0 Å². The summed E-state index contributed by atoms with van der Waals surface area (Å²) in [6.07, 6.45) is -3.15. The Kier molecular flexibility index (Phi) is 6.74. The second-order valence-corrected chi connectivity index (χ2v) is 9.15. The van der Waals surface area contributed by atoms with E-state index in [1.807, 2.05) is 0 Å². The number of carbonyl (C=O) groups excluding carboxylic acids is 1. The molecule has 0 saturated carbocycles. The number of H-pyrrole nitrogens is 1. The number of likely N-dealkylation sites (N-methyl/N-ethyl adjacent to an activating group) is 1. The Bertz CT molecular complexity index is 1420. The van der Waals surface area contributed by atoms with Crippen molar-refractivity contribution in [2.75, 3.05) is 38.0 Å². The predicted molar refractivity (Wildman–Crippen MR) is 133 cm³/mol. The monoisotopic (exact) mass is 512 g/mol. The Labute approximate surface area is 211 Å². The van der Waals surface area contributed by atoms with E-state index in [2.05, 4.69) is 37.2 Å². The lowest BCUT2D eigenvalue weighted by molar-refractivity contribution is -0.138. The Morgan fingerprint density at radius 1 is 1.11 bits per heavy atom. The first-order chi connectivity index (χ1) is 17.7. The maximum Gasteiger partial charge on any atom is 0.416 e. The molecule has 2 aromatic heterocycles. The summed E-state index contributed by atoms with van der Waals surface area (Å²) < 4.78 is 47.0. The Morgan fingerprint density at radius 2 is 1.86 bits per heavy atom. The fourth-order valence-corrected chi connectivity index (χ4v) is 4.57. The molecule has 4 aromatic rings. The number of anilines is 1. The molecule has 1 aliphatic rings. The van der Waals surface area contributed by atoms with Crippen LogP contribution in [0.5, 0.6) is 0 Å². The molecule has 0 bridgehead atoms. The number of carbonyl (C=O) groups is 1. The summed E-state index contributed by atoms with van der Waals surface area (Å²) in [5.41, 5.74) is 1.91. The zero-order valence-corrected chi connectivity index (χ0v) is 20.5. The van der Waals surface area contributed by atoms with Crippen molar-refractivity contribution in [1.29, 1.82) is 0 Å². The molecule has 0 radical (unpaired) electrons. The molecule has 3 heterocycles. The van der Waals surface area contributed by atoms with Crippen LogP contribution < -0.4 is 5.32 Å². The van der Waals surface area contributed by atoms with E-state index in [1.54, 1.807) is 37.3 Å². The number of aromatic nitrogens is 3. The lowest BCUT2D eigenvalue weighted by Crippen LogP contribution is -2.45. The highest BCUT2D eigenvalue weighted by molar-refractivity contribution is 6.05. The number of piperazine rings is 1. The molecule has 194 valence electrons. The van der Waals surface area contributed by atoms with Gasteiger partial charge in [-0.1, -0.05) is 24.2 Å². The largest absolute Gasteiger partial charge is 0.416 e. The van der Waals surface area contributed by atoms with Crippen molar-refractivity contribution in [1.82, 2.24) is 24.9 Å². The lowest BCUT2D eigenvalue weighted by Gasteiger charge is -2.34. The van der Waals surface area contributed by atoms with Gasteiger partial charge in [0.2, 0.25) is 0 Å². The number of fused-ring (bicyclic) bond motifs is 1. The fourth-order valence-electron chi connectivity index (χ4n) is 4.57. The highest BCUT2D eigenvalue weighted by Gasteiger charge is 2.34. The lowest BCUT2D eigenvalue weighted by atomic mass is 10.0. The number of aryl methyl sites for hydroxylation is 1. The number of amides is 1. The maximum absolute atomic E-state index is 14.0. The SMILES string of the molecule is CCN1CCN(Cc2ccc(-c3nc4cc(NC(=O)c5cnoc5C)ccc4[nH]3)cc2C(F)(F)F)CC1. The molecule has 1 aliphatic heterocycles. The molecule has 2 aromatic carbocycles. The van der Waals surface area contributed by atoms with Gasteiger partial charge in [0, 0.05) is 44.0 Å². The van der Waals surface area contributed by atoms with E-state index < -0.39 is 11.7 Å². The standard InChI is InChI=1S/C26H27F3N6O2/c1-3-34-8-10-35(11-9-34)15-18-5-4-17(12-21(18)26(27,28)29)24-32-22-7-6-19(13-23(22)33-24)31-25(36)20-14-30-37-16(20)2/h4-7,12-14H,3,8-11,15H2,1-2H3,(H,31,36)(H,32,33). The molecule has 0 unspecified atom stereocenters. The Hall–Kier alpha value is -3.70. The first kappa shape index (κ1) is 25.0. The average molecular weight is 513 g/mol. The van der Waals surface area contributed by atoms with E-state index in [9.17, 15) is 18.0 Å². The molecule has 11 heteroatoms. The first-order valence-electron chi connectivity index (χ1n) is 12.1. The minimum Gasteiger partial charge on any atom is -0.361 e. The van der Waals surface area contributed by atoms with Crippen LogP contribution >= 0.6 is 0 Å². The normalized spacial score (nSPS) is 15.4. The predicted octanol–water partition coefficient (Wildman–Crippen LogP) is 4.93. The first-order valence-corrected chi connectivity index (χ1v) is 12.1. The van der Waals surface area contributed by atoms with Crippen LogP contribution in [0.4, 0.5) is 18.9 Å². The molecule has 2 N–H and O–H groups in total. The summed E-state index contributed by atoms with van der Waals surface area (Å²) in [5.74, 6) is 0.338. The minimum atomic E-state index is -4.49. The van der Waals surface area contributed by atoms with Crippen LogP contribution in [-0.4, -0.2) is 63.6 Å². The van der Waals surface area contributed by atoms with Gasteiger partial charge in [-0.15, -0.1) is 0 Å². The number of hydrogen-bond acceptors (Lipinski definition) is 6. The van der Waals surface area contributed by atoms with E-state index >= 15 is 0 Å². The molecular weight excluding hydrogens is 485 g/mol.